The predicted molar refractivity (Wildman–Crippen MR) is 66.5 cm³/mol. The van der Waals surface area contributed by atoms with Crippen LogP contribution in [0.1, 0.15) is 23.7 Å². The van der Waals surface area contributed by atoms with Crippen molar-refractivity contribution < 1.29 is 18.8 Å². The van der Waals surface area contributed by atoms with Gasteiger partial charge in [0.05, 0.1) is 4.92 Å². The maximum absolute atomic E-state index is 13.1. The van der Waals surface area contributed by atoms with E-state index >= 15 is 0 Å². The number of nitro benzene ring substituents is 1. The summed E-state index contributed by atoms with van der Waals surface area (Å²) in [4.78, 5) is 21.5. The van der Waals surface area contributed by atoms with Gasteiger partial charge in [-0.3, -0.25) is 14.9 Å². The lowest BCUT2D eigenvalue weighted by Gasteiger charge is -2.13. The first-order chi connectivity index (χ1) is 8.95. The highest BCUT2D eigenvalue weighted by molar-refractivity contribution is 5.95. The van der Waals surface area contributed by atoms with Crippen LogP contribution in [-0.2, 0) is 4.74 Å². The van der Waals surface area contributed by atoms with Gasteiger partial charge in [-0.1, -0.05) is 0 Å². The topological polar surface area (TPSA) is 81.5 Å². The van der Waals surface area contributed by atoms with Gasteiger partial charge in [0.15, 0.2) is 0 Å². The molecular weight excluding hydrogens is 255 g/mol. The van der Waals surface area contributed by atoms with E-state index in [1.807, 2.05) is 0 Å². The number of halogens is 1. The zero-order chi connectivity index (χ0) is 14.4. The van der Waals surface area contributed by atoms with Crippen molar-refractivity contribution in [3.05, 3.63) is 39.7 Å². The molecule has 0 radical (unpaired) electrons. The fourth-order valence-electron chi connectivity index (χ4n) is 1.47. The smallest absolute Gasteiger partial charge is 0.305 e. The lowest BCUT2D eigenvalue weighted by molar-refractivity contribution is -0.387. The molecule has 0 aromatic heterocycles. The highest BCUT2D eigenvalue weighted by atomic mass is 19.1. The van der Waals surface area contributed by atoms with E-state index in [1.54, 1.807) is 14.0 Å². The number of benzene rings is 1. The van der Waals surface area contributed by atoms with Crippen LogP contribution < -0.4 is 5.32 Å². The molecule has 1 aromatic carbocycles. The Morgan fingerprint density at radius 3 is 2.84 bits per heavy atom. The van der Waals surface area contributed by atoms with E-state index in [1.165, 1.54) is 6.07 Å². The minimum absolute atomic E-state index is 0.0531. The first kappa shape index (κ1) is 15.0. The summed E-state index contributed by atoms with van der Waals surface area (Å²) < 4.78 is 18.0. The molecule has 0 aliphatic rings. The maximum atomic E-state index is 13.1. The number of hydrogen-bond donors (Lipinski definition) is 1. The second-order valence-electron chi connectivity index (χ2n) is 4.08. The number of methoxy groups -OCH3 is 1. The second-order valence-corrected chi connectivity index (χ2v) is 4.08. The zero-order valence-electron chi connectivity index (χ0n) is 10.7. The van der Waals surface area contributed by atoms with Gasteiger partial charge in [-0.05, 0) is 25.5 Å². The van der Waals surface area contributed by atoms with Crippen LogP contribution in [0.15, 0.2) is 18.2 Å². The summed E-state index contributed by atoms with van der Waals surface area (Å²) in [7, 11) is 1.55. The van der Waals surface area contributed by atoms with E-state index in [-0.39, 0.29) is 11.6 Å². The SMILES string of the molecule is COCCC(C)NC(=O)c1ccc(F)c([N+](=O)[O-])c1. The summed E-state index contributed by atoms with van der Waals surface area (Å²) in [6.07, 6.45) is 0.617. The third-order valence-corrected chi connectivity index (χ3v) is 2.54. The van der Waals surface area contributed by atoms with Crippen molar-refractivity contribution in [2.45, 2.75) is 19.4 Å². The van der Waals surface area contributed by atoms with Crippen LogP contribution in [-0.4, -0.2) is 30.6 Å². The molecule has 1 amide bonds. The molecule has 0 heterocycles. The van der Waals surface area contributed by atoms with Crippen LogP contribution in [0.4, 0.5) is 10.1 Å². The molecule has 0 saturated carbocycles. The first-order valence-corrected chi connectivity index (χ1v) is 5.69. The molecule has 1 aromatic rings. The Hall–Kier alpha value is -2.02. The van der Waals surface area contributed by atoms with Crippen LogP contribution in [0.2, 0.25) is 0 Å². The fourth-order valence-corrected chi connectivity index (χ4v) is 1.47. The summed E-state index contributed by atoms with van der Waals surface area (Å²) in [5, 5.41) is 13.2. The molecule has 0 fully saturated rings. The summed E-state index contributed by atoms with van der Waals surface area (Å²) >= 11 is 0. The molecule has 0 spiro atoms. The Labute approximate surface area is 109 Å². The minimum atomic E-state index is -0.964. The molecule has 0 bridgehead atoms. The summed E-state index contributed by atoms with van der Waals surface area (Å²) in [5.74, 6) is -1.44. The number of ether oxygens (including phenoxy) is 1. The van der Waals surface area contributed by atoms with Crippen molar-refractivity contribution in [3.63, 3.8) is 0 Å². The molecule has 19 heavy (non-hydrogen) atoms. The third-order valence-electron chi connectivity index (χ3n) is 2.54. The Morgan fingerprint density at radius 2 is 2.26 bits per heavy atom. The van der Waals surface area contributed by atoms with Crippen LogP contribution in [0, 0.1) is 15.9 Å². The third kappa shape index (κ3) is 4.29. The molecule has 1 rings (SSSR count). The molecule has 1 atom stereocenters. The number of amides is 1. The predicted octanol–water partition coefficient (Wildman–Crippen LogP) is 1.89. The lowest BCUT2D eigenvalue weighted by atomic mass is 10.1. The molecule has 0 aliphatic heterocycles. The quantitative estimate of drug-likeness (QED) is 0.632. The molecule has 1 N–H and O–H groups in total. The zero-order valence-corrected chi connectivity index (χ0v) is 10.7. The number of nitrogens with zero attached hydrogens (tertiary/aromatic N) is 1. The summed E-state index contributed by atoms with van der Waals surface area (Å²) in [6.45, 7) is 2.28. The van der Waals surface area contributed by atoms with Crippen LogP contribution in [0.5, 0.6) is 0 Å². The number of nitro groups is 1. The average Bonchev–Trinajstić information content (AvgIpc) is 2.36. The molecule has 0 aliphatic carbocycles. The van der Waals surface area contributed by atoms with E-state index in [9.17, 15) is 19.3 Å². The maximum Gasteiger partial charge on any atom is 0.305 e. The Balaban J connectivity index is 2.77. The average molecular weight is 270 g/mol. The van der Waals surface area contributed by atoms with Gasteiger partial charge in [0.25, 0.3) is 5.91 Å². The summed E-state index contributed by atoms with van der Waals surface area (Å²) in [5.41, 5.74) is -0.658. The van der Waals surface area contributed by atoms with Gasteiger partial charge in [0, 0.05) is 31.4 Å². The van der Waals surface area contributed by atoms with E-state index < -0.39 is 22.3 Å². The highest BCUT2D eigenvalue weighted by Gasteiger charge is 2.18. The number of carbonyl (C=O) groups is 1. The van der Waals surface area contributed by atoms with Gasteiger partial charge in [0.1, 0.15) is 0 Å². The van der Waals surface area contributed by atoms with Crippen molar-refractivity contribution in [1.82, 2.24) is 5.32 Å². The Bertz CT molecular complexity index is 479. The molecule has 6 nitrogen and oxygen atoms in total. The van der Waals surface area contributed by atoms with E-state index in [4.69, 9.17) is 4.74 Å². The van der Waals surface area contributed by atoms with Crippen molar-refractivity contribution in [3.8, 4) is 0 Å². The number of carbonyl (C=O) groups excluding carboxylic acids is 1. The van der Waals surface area contributed by atoms with Crippen LogP contribution in [0.3, 0.4) is 0 Å². The Kier molecular flexibility index (Phi) is 5.37. The summed E-state index contributed by atoms with van der Waals surface area (Å²) in [6, 6.07) is 2.90. The molecule has 104 valence electrons. The van der Waals surface area contributed by atoms with E-state index in [0.29, 0.717) is 13.0 Å². The standard InChI is InChI=1S/C12H15FN2O4/c1-8(5-6-19-2)14-12(16)9-3-4-10(13)11(7-9)15(17)18/h3-4,7-8H,5-6H2,1-2H3,(H,14,16). The number of rotatable bonds is 6. The van der Waals surface area contributed by atoms with Crippen LogP contribution in [0.25, 0.3) is 0 Å². The molecule has 7 heteroatoms. The largest absolute Gasteiger partial charge is 0.385 e. The van der Waals surface area contributed by atoms with Crippen molar-refractivity contribution in [2.75, 3.05) is 13.7 Å². The monoisotopic (exact) mass is 270 g/mol. The van der Waals surface area contributed by atoms with E-state index in [0.717, 1.165) is 12.1 Å². The lowest BCUT2D eigenvalue weighted by Crippen LogP contribution is -2.33. The number of hydrogen-bond acceptors (Lipinski definition) is 4. The highest BCUT2D eigenvalue weighted by Crippen LogP contribution is 2.18. The van der Waals surface area contributed by atoms with Gasteiger partial charge >= 0.3 is 5.69 Å². The van der Waals surface area contributed by atoms with Crippen LogP contribution >= 0.6 is 0 Å². The van der Waals surface area contributed by atoms with E-state index in [2.05, 4.69) is 5.32 Å². The normalized spacial score (nSPS) is 11.9. The molecular formula is C12H15FN2O4. The fraction of sp³-hybridized carbons (Fsp3) is 0.417. The van der Waals surface area contributed by atoms with Gasteiger partial charge in [-0.25, -0.2) is 0 Å². The first-order valence-electron chi connectivity index (χ1n) is 5.69. The van der Waals surface area contributed by atoms with Crippen molar-refractivity contribution in [2.24, 2.45) is 0 Å². The van der Waals surface area contributed by atoms with Gasteiger partial charge < -0.3 is 10.1 Å². The van der Waals surface area contributed by atoms with Gasteiger partial charge in [0.2, 0.25) is 5.82 Å². The molecule has 1 unspecified atom stereocenters. The van der Waals surface area contributed by atoms with Gasteiger partial charge in [-0.2, -0.15) is 4.39 Å². The minimum Gasteiger partial charge on any atom is -0.385 e. The van der Waals surface area contributed by atoms with Crippen molar-refractivity contribution in [1.29, 1.82) is 0 Å². The second kappa shape index (κ2) is 6.79. The Morgan fingerprint density at radius 1 is 1.58 bits per heavy atom. The van der Waals surface area contributed by atoms with Gasteiger partial charge in [-0.15, -0.1) is 0 Å². The van der Waals surface area contributed by atoms with Crippen molar-refractivity contribution >= 4 is 11.6 Å². The number of nitrogens with one attached hydrogen (secondary N) is 1. The molecule has 0 saturated heterocycles.